The van der Waals surface area contributed by atoms with Crippen molar-refractivity contribution in [2.24, 2.45) is 4.99 Å². The molecule has 2 N–H and O–H groups in total. The summed E-state index contributed by atoms with van der Waals surface area (Å²) < 4.78 is 0. The van der Waals surface area contributed by atoms with Crippen molar-refractivity contribution in [3.8, 4) is 0 Å². The van der Waals surface area contributed by atoms with E-state index < -0.39 is 0 Å². The molecule has 2 rings (SSSR count). The summed E-state index contributed by atoms with van der Waals surface area (Å²) in [7, 11) is 5.73. The third-order valence-corrected chi connectivity index (χ3v) is 4.58. The number of benzene rings is 1. The number of rotatable bonds is 5. The number of hydrogen-bond donors (Lipinski definition) is 2. The minimum absolute atomic E-state index is 0.104. The molecule has 0 amide bonds. The van der Waals surface area contributed by atoms with E-state index in [0.29, 0.717) is 6.54 Å². The quantitative estimate of drug-likeness (QED) is 0.641. The lowest BCUT2D eigenvalue weighted by molar-refractivity contribution is 0.683. The highest BCUT2D eigenvalue weighted by Gasteiger charge is 2.09. The minimum atomic E-state index is 0.104. The van der Waals surface area contributed by atoms with Crippen molar-refractivity contribution >= 4 is 34.0 Å². The maximum Gasteiger partial charge on any atom is 0.191 e. The molecule has 0 bridgehead atoms. The van der Waals surface area contributed by atoms with Crippen molar-refractivity contribution in [3.05, 3.63) is 45.9 Å². The topological polar surface area (TPSA) is 52.6 Å². The van der Waals surface area contributed by atoms with Gasteiger partial charge in [-0.3, -0.25) is 4.99 Å². The Morgan fingerprint density at radius 3 is 2.83 bits per heavy atom. The summed E-state index contributed by atoms with van der Waals surface area (Å²) in [6.07, 6.45) is 0. The molecule has 1 aromatic carbocycles. The van der Waals surface area contributed by atoms with E-state index in [2.05, 4.69) is 32.9 Å². The molecule has 1 heterocycles. The van der Waals surface area contributed by atoms with Gasteiger partial charge in [-0.05, 0) is 24.6 Å². The van der Waals surface area contributed by atoms with Crippen LogP contribution >= 0.6 is 22.9 Å². The number of hydrogen-bond acceptors (Lipinski definition) is 4. The van der Waals surface area contributed by atoms with Crippen LogP contribution in [-0.4, -0.2) is 32.1 Å². The van der Waals surface area contributed by atoms with Gasteiger partial charge in [0.25, 0.3) is 0 Å². The summed E-state index contributed by atoms with van der Waals surface area (Å²) in [5.41, 5.74) is 2.11. The largest absolute Gasteiger partial charge is 0.354 e. The number of halogens is 1. The SMILES string of the molecule is CN=C(NCc1csc(N(C)C)n1)NC(C)c1cccc(Cl)c1. The Bertz CT molecular complexity index is 668. The fourth-order valence-electron chi connectivity index (χ4n) is 2.02. The van der Waals surface area contributed by atoms with Gasteiger partial charge in [-0.2, -0.15) is 0 Å². The first kappa shape index (κ1) is 17.6. The van der Waals surface area contributed by atoms with Crippen LogP contribution in [0.25, 0.3) is 0 Å². The van der Waals surface area contributed by atoms with Crippen molar-refractivity contribution in [2.75, 3.05) is 26.0 Å². The van der Waals surface area contributed by atoms with Crippen LogP contribution in [0.4, 0.5) is 5.13 Å². The van der Waals surface area contributed by atoms with E-state index >= 15 is 0 Å². The number of guanidine groups is 1. The number of nitrogens with zero attached hydrogens (tertiary/aromatic N) is 3. The third kappa shape index (κ3) is 5.11. The molecule has 0 radical (unpaired) electrons. The van der Waals surface area contributed by atoms with E-state index in [9.17, 15) is 0 Å². The molecule has 23 heavy (non-hydrogen) atoms. The van der Waals surface area contributed by atoms with E-state index in [4.69, 9.17) is 11.6 Å². The fourth-order valence-corrected chi connectivity index (χ4v) is 2.97. The highest BCUT2D eigenvalue weighted by atomic mass is 35.5. The Labute approximate surface area is 146 Å². The van der Waals surface area contributed by atoms with Gasteiger partial charge in [-0.25, -0.2) is 4.98 Å². The lowest BCUT2D eigenvalue weighted by Crippen LogP contribution is -2.38. The minimum Gasteiger partial charge on any atom is -0.354 e. The first-order valence-electron chi connectivity index (χ1n) is 7.34. The zero-order valence-corrected chi connectivity index (χ0v) is 15.4. The van der Waals surface area contributed by atoms with Crippen LogP contribution < -0.4 is 15.5 Å². The average Bonchev–Trinajstić information content (AvgIpc) is 3.00. The molecular formula is C16H22ClN5S. The molecule has 5 nitrogen and oxygen atoms in total. The van der Waals surface area contributed by atoms with Gasteiger partial charge in [-0.15, -0.1) is 11.3 Å². The molecule has 0 saturated heterocycles. The molecule has 0 fully saturated rings. The first-order valence-corrected chi connectivity index (χ1v) is 8.59. The van der Waals surface area contributed by atoms with Gasteiger partial charge >= 0.3 is 0 Å². The Morgan fingerprint density at radius 1 is 1.43 bits per heavy atom. The van der Waals surface area contributed by atoms with Crippen LogP contribution in [0.1, 0.15) is 24.2 Å². The molecule has 1 aromatic heterocycles. The van der Waals surface area contributed by atoms with Gasteiger partial charge in [0.15, 0.2) is 11.1 Å². The number of aliphatic imine (C=N–C) groups is 1. The molecule has 0 aliphatic rings. The summed E-state index contributed by atoms with van der Waals surface area (Å²) in [6.45, 7) is 2.71. The number of anilines is 1. The second-order valence-corrected chi connectivity index (χ2v) is 6.64. The number of thiazole rings is 1. The predicted octanol–water partition coefficient (Wildman–Crippen LogP) is 3.29. The normalized spacial score (nSPS) is 12.8. The Kier molecular flexibility index (Phi) is 6.24. The predicted molar refractivity (Wildman–Crippen MR) is 99.6 cm³/mol. The summed E-state index contributed by atoms with van der Waals surface area (Å²) in [5.74, 6) is 0.733. The smallest absolute Gasteiger partial charge is 0.191 e. The van der Waals surface area contributed by atoms with Crippen molar-refractivity contribution < 1.29 is 0 Å². The van der Waals surface area contributed by atoms with E-state index in [1.54, 1.807) is 18.4 Å². The molecular weight excluding hydrogens is 330 g/mol. The monoisotopic (exact) mass is 351 g/mol. The molecule has 2 aromatic rings. The Hall–Kier alpha value is -1.79. The Balaban J connectivity index is 1.92. The van der Waals surface area contributed by atoms with Crippen LogP contribution in [0.2, 0.25) is 5.02 Å². The number of aromatic nitrogens is 1. The molecule has 0 saturated carbocycles. The van der Waals surface area contributed by atoms with Gasteiger partial charge in [0.1, 0.15) is 0 Å². The summed E-state index contributed by atoms with van der Waals surface area (Å²) in [5, 5.41) is 10.4. The summed E-state index contributed by atoms with van der Waals surface area (Å²) in [4.78, 5) is 10.8. The molecule has 1 atom stereocenters. The van der Waals surface area contributed by atoms with Crippen molar-refractivity contribution in [1.82, 2.24) is 15.6 Å². The molecule has 0 aliphatic heterocycles. The van der Waals surface area contributed by atoms with E-state index in [1.165, 1.54) is 0 Å². The second kappa shape index (κ2) is 8.17. The highest BCUT2D eigenvalue weighted by Crippen LogP contribution is 2.18. The van der Waals surface area contributed by atoms with Gasteiger partial charge in [0, 0.05) is 31.5 Å². The first-order chi connectivity index (χ1) is 11.0. The molecule has 0 aliphatic carbocycles. The van der Waals surface area contributed by atoms with E-state index in [1.807, 2.05) is 43.3 Å². The third-order valence-electron chi connectivity index (χ3n) is 3.28. The molecule has 124 valence electrons. The van der Waals surface area contributed by atoms with Crippen molar-refractivity contribution in [2.45, 2.75) is 19.5 Å². The zero-order valence-electron chi connectivity index (χ0n) is 13.8. The average molecular weight is 352 g/mol. The number of nitrogens with one attached hydrogen (secondary N) is 2. The molecule has 1 unspecified atom stereocenters. The van der Waals surface area contributed by atoms with Crippen molar-refractivity contribution in [1.29, 1.82) is 0 Å². The lowest BCUT2D eigenvalue weighted by Gasteiger charge is -2.18. The maximum absolute atomic E-state index is 6.04. The molecule has 7 heteroatoms. The van der Waals surface area contributed by atoms with Crippen LogP contribution in [-0.2, 0) is 6.54 Å². The van der Waals surface area contributed by atoms with Crippen molar-refractivity contribution in [3.63, 3.8) is 0 Å². The standard InChI is InChI=1S/C16H22ClN5S/c1-11(12-6-5-7-13(17)8-12)20-15(18-2)19-9-14-10-23-16(21-14)22(3)4/h5-8,10-11H,9H2,1-4H3,(H2,18,19,20). The highest BCUT2D eigenvalue weighted by molar-refractivity contribution is 7.13. The van der Waals surface area contributed by atoms with Crippen LogP contribution in [0.5, 0.6) is 0 Å². The zero-order chi connectivity index (χ0) is 16.8. The van der Waals surface area contributed by atoms with Gasteiger partial charge < -0.3 is 15.5 Å². The molecule has 0 spiro atoms. The maximum atomic E-state index is 6.04. The van der Waals surface area contributed by atoms with E-state index in [-0.39, 0.29) is 6.04 Å². The van der Waals surface area contributed by atoms with Gasteiger partial charge in [0.05, 0.1) is 18.3 Å². The van der Waals surface area contributed by atoms with Crippen LogP contribution in [0, 0.1) is 0 Å². The van der Waals surface area contributed by atoms with Crippen LogP contribution in [0.15, 0.2) is 34.6 Å². The van der Waals surface area contributed by atoms with E-state index in [0.717, 1.165) is 27.4 Å². The van der Waals surface area contributed by atoms with Crippen LogP contribution in [0.3, 0.4) is 0 Å². The summed E-state index contributed by atoms with van der Waals surface area (Å²) >= 11 is 7.67. The fraction of sp³-hybridized carbons (Fsp3) is 0.375. The van der Waals surface area contributed by atoms with Gasteiger partial charge in [0.2, 0.25) is 0 Å². The lowest BCUT2D eigenvalue weighted by atomic mass is 10.1. The summed E-state index contributed by atoms with van der Waals surface area (Å²) in [6, 6.07) is 7.92. The van der Waals surface area contributed by atoms with Gasteiger partial charge in [-0.1, -0.05) is 23.7 Å². The second-order valence-electron chi connectivity index (χ2n) is 5.36. The Morgan fingerprint density at radius 2 is 2.22 bits per heavy atom.